The largest absolute Gasteiger partial charge is 0.495 e. The van der Waals surface area contributed by atoms with Gasteiger partial charge in [0, 0.05) is 18.5 Å². The molecule has 1 aromatic carbocycles. The quantitative estimate of drug-likeness (QED) is 0.272. The molecule has 16 heteroatoms. The third-order valence-electron chi connectivity index (χ3n) is 5.63. The Balaban J connectivity index is 1.89. The molecule has 0 saturated heterocycles. The van der Waals surface area contributed by atoms with E-state index >= 15 is 0 Å². The first-order chi connectivity index (χ1) is 19.8. The van der Waals surface area contributed by atoms with Crippen LogP contribution in [-0.4, -0.2) is 73.0 Å². The van der Waals surface area contributed by atoms with E-state index in [0.717, 1.165) is 11.2 Å². The third-order valence-corrected chi connectivity index (χ3v) is 6.97. The molecule has 14 nitrogen and oxygen atoms in total. The predicted molar refractivity (Wildman–Crippen MR) is 156 cm³/mol. The van der Waals surface area contributed by atoms with Crippen molar-refractivity contribution in [1.82, 2.24) is 19.9 Å². The molecule has 0 radical (unpaired) electrons. The highest BCUT2D eigenvalue weighted by Crippen LogP contribution is 2.35. The number of sulfone groups is 1. The summed E-state index contributed by atoms with van der Waals surface area (Å²) >= 11 is 6.06. The van der Waals surface area contributed by atoms with Crippen LogP contribution in [0.1, 0.15) is 41.5 Å². The minimum Gasteiger partial charge on any atom is -0.495 e. The van der Waals surface area contributed by atoms with E-state index in [1.807, 2.05) is 0 Å². The summed E-state index contributed by atoms with van der Waals surface area (Å²) in [5.74, 6) is -1.07. The number of alkyl carbamates (subject to hydrolysis) is 1. The Morgan fingerprint density at radius 2 is 1.74 bits per heavy atom. The van der Waals surface area contributed by atoms with Crippen LogP contribution >= 0.6 is 11.6 Å². The average Bonchev–Trinajstić information content (AvgIpc) is 3.27. The van der Waals surface area contributed by atoms with Crippen molar-refractivity contribution in [3.05, 3.63) is 41.6 Å². The van der Waals surface area contributed by atoms with Crippen molar-refractivity contribution in [3.63, 3.8) is 0 Å². The maximum atomic E-state index is 13.5. The molecule has 0 unspecified atom stereocenters. The molecule has 2 amide bonds. The number of carbonyl (C=O) groups is 3. The number of halogens is 1. The van der Waals surface area contributed by atoms with Crippen LogP contribution in [0.3, 0.4) is 0 Å². The van der Waals surface area contributed by atoms with Gasteiger partial charge in [0.2, 0.25) is 6.79 Å². The average molecular weight is 640 g/mol. The summed E-state index contributed by atoms with van der Waals surface area (Å²) in [4.78, 5) is 43.9. The maximum absolute atomic E-state index is 13.5. The molecule has 43 heavy (non-hydrogen) atoms. The zero-order valence-electron chi connectivity index (χ0n) is 25.0. The number of pyridine rings is 1. The molecule has 234 valence electrons. The number of methoxy groups -OCH3 is 1. The van der Waals surface area contributed by atoms with Crippen molar-refractivity contribution >= 4 is 56.9 Å². The van der Waals surface area contributed by atoms with Crippen LogP contribution in [-0.2, 0) is 28.8 Å². The molecule has 1 N–H and O–H groups in total. The Kier molecular flexibility index (Phi) is 9.81. The Labute approximate surface area is 254 Å². The first-order valence-corrected chi connectivity index (χ1v) is 15.1. The summed E-state index contributed by atoms with van der Waals surface area (Å²) in [5, 5.41) is 7.13. The molecule has 1 atom stereocenters. The van der Waals surface area contributed by atoms with Crippen LogP contribution in [0.2, 0.25) is 5.02 Å². The van der Waals surface area contributed by atoms with Gasteiger partial charge in [-0.1, -0.05) is 32.4 Å². The molecule has 3 rings (SSSR count). The second kappa shape index (κ2) is 12.6. The second-order valence-electron chi connectivity index (χ2n) is 11.4. The standard InChI is InChI=1S/C27H34ClN5O9S/c1-26(2,3)21(30-24(35)42-27(4,5)6)22(34)40-15-41-25(36)33(23-29-20-12-9-16(28)14-32(20)31-23)18-11-10-17(43(8,37)38)13-19(18)39-7/h9-14,21H,15H2,1-8H3,(H,30,35)/t21-/m1/s1. The van der Waals surface area contributed by atoms with Crippen molar-refractivity contribution in [2.75, 3.05) is 25.1 Å². The Morgan fingerprint density at radius 3 is 2.33 bits per heavy atom. The molecule has 0 bridgehead atoms. The fourth-order valence-electron chi connectivity index (χ4n) is 3.64. The van der Waals surface area contributed by atoms with E-state index in [9.17, 15) is 22.8 Å². The number of anilines is 2. The minimum absolute atomic E-state index is 0.0110. The van der Waals surface area contributed by atoms with Gasteiger partial charge in [0.1, 0.15) is 17.4 Å². The van der Waals surface area contributed by atoms with Crippen molar-refractivity contribution < 1.29 is 41.7 Å². The number of fused-ring (bicyclic) bond motifs is 1. The normalized spacial score (nSPS) is 12.8. The number of rotatable bonds is 8. The van der Waals surface area contributed by atoms with Gasteiger partial charge < -0.3 is 24.3 Å². The van der Waals surface area contributed by atoms with E-state index in [0.29, 0.717) is 10.7 Å². The number of amides is 2. The lowest BCUT2D eigenvalue weighted by molar-refractivity contribution is -0.157. The molecule has 2 aromatic heterocycles. The highest BCUT2D eigenvalue weighted by atomic mass is 35.5. The van der Waals surface area contributed by atoms with Gasteiger partial charge in [-0.3, -0.25) is 0 Å². The lowest BCUT2D eigenvalue weighted by Crippen LogP contribution is -2.51. The Morgan fingerprint density at radius 1 is 1.07 bits per heavy atom. The van der Waals surface area contributed by atoms with Gasteiger partial charge in [-0.15, -0.1) is 5.10 Å². The first kappa shape index (κ1) is 33.4. The summed E-state index contributed by atoms with van der Waals surface area (Å²) < 4.78 is 46.6. The van der Waals surface area contributed by atoms with E-state index in [2.05, 4.69) is 15.4 Å². The van der Waals surface area contributed by atoms with E-state index in [1.165, 1.54) is 36.0 Å². The lowest BCUT2D eigenvalue weighted by Gasteiger charge is -2.30. The van der Waals surface area contributed by atoms with Gasteiger partial charge in [-0.25, -0.2) is 32.2 Å². The number of benzene rings is 1. The van der Waals surface area contributed by atoms with Gasteiger partial charge in [-0.2, -0.15) is 4.98 Å². The summed E-state index contributed by atoms with van der Waals surface area (Å²) in [6.45, 7) is 9.31. The molecule has 0 saturated carbocycles. The highest BCUT2D eigenvalue weighted by Gasteiger charge is 2.36. The fourth-order valence-corrected chi connectivity index (χ4v) is 4.43. The summed E-state index contributed by atoms with van der Waals surface area (Å²) in [6, 6.07) is 5.82. The van der Waals surface area contributed by atoms with Crippen LogP contribution < -0.4 is 15.0 Å². The Hall–Kier alpha value is -4.11. The smallest absolute Gasteiger partial charge is 0.424 e. The van der Waals surface area contributed by atoms with Crippen LogP contribution in [0, 0.1) is 5.41 Å². The van der Waals surface area contributed by atoms with E-state index in [1.54, 1.807) is 53.7 Å². The van der Waals surface area contributed by atoms with Crippen molar-refractivity contribution in [2.24, 2.45) is 5.41 Å². The van der Waals surface area contributed by atoms with Crippen molar-refractivity contribution in [1.29, 1.82) is 0 Å². The maximum Gasteiger partial charge on any atom is 0.424 e. The molecule has 0 aliphatic heterocycles. The van der Waals surface area contributed by atoms with Crippen molar-refractivity contribution in [2.45, 2.75) is 58.1 Å². The molecule has 0 spiro atoms. The number of nitrogens with one attached hydrogen (secondary N) is 1. The topological polar surface area (TPSA) is 168 Å². The SMILES string of the molecule is COc1cc(S(C)(=O)=O)ccc1N(C(=O)OCOC(=O)[C@@H](NC(=O)OC(C)(C)C)C(C)(C)C)c1nc2ccc(Cl)cn2n1. The molecule has 0 aliphatic carbocycles. The third kappa shape index (κ3) is 8.70. The number of aromatic nitrogens is 3. The van der Waals surface area contributed by atoms with Gasteiger partial charge in [0.15, 0.2) is 15.5 Å². The number of esters is 1. The zero-order chi connectivity index (χ0) is 32.3. The number of nitrogens with zero attached hydrogens (tertiary/aromatic N) is 4. The molecule has 3 aromatic rings. The second-order valence-corrected chi connectivity index (χ2v) is 13.9. The van der Waals surface area contributed by atoms with Gasteiger partial charge in [0.05, 0.1) is 22.7 Å². The molecule has 0 fully saturated rings. The first-order valence-electron chi connectivity index (χ1n) is 12.8. The molecule has 2 heterocycles. The van der Waals surface area contributed by atoms with Crippen molar-refractivity contribution in [3.8, 4) is 5.75 Å². The number of carbonyl (C=O) groups excluding carboxylic acids is 3. The van der Waals surface area contributed by atoms with Gasteiger partial charge >= 0.3 is 18.2 Å². The van der Waals surface area contributed by atoms with E-state index in [-0.39, 0.29) is 22.3 Å². The summed E-state index contributed by atoms with van der Waals surface area (Å²) in [5.41, 5.74) is -1.22. The zero-order valence-corrected chi connectivity index (χ0v) is 26.6. The fraction of sp³-hybridized carbons (Fsp3) is 0.444. The molecule has 0 aliphatic rings. The number of hydrogen-bond acceptors (Lipinski definition) is 11. The van der Waals surface area contributed by atoms with Crippen LogP contribution in [0.15, 0.2) is 41.4 Å². The lowest BCUT2D eigenvalue weighted by atomic mass is 9.87. The predicted octanol–water partition coefficient (Wildman–Crippen LogP) is 4.51. The summed E-state index contributed by atoms with van der Waals surface area (Å²) in [6.07, 6.45) is 0.577. The number of hydrogen-bond donors (Lipinski definition) is 1. The Bertz CT molecular complexity index is 1630. The molecular weight excluding hydrogens is 606 g/mol. The van der Waals surface area contributed by atoms with E-state index < -0.39 is 51.8 Å². The minimum atomic E-state index is -3.61. The van der Waals surface area contributed by atoms with Gasteiger partial charge in [-0.05, 0) is 50.5 Å². The monoisotopic (exact) mass is 639 g/mol. The van der Waals surface area contributed by atoms with E-state index in [4.69, 9.17) is 30.5 Å². The van der Waals surface area contributed by atoms with Crippen LogP contribution in [0.5, 0.6) is 5.75 Å². The molecular formula is C27H34ClN5O9S. The van der Waals surface area contributed by atoms with Crippen LogP contribution in [0.4, 0.5) is 21.2 Å². The highest BCUT2D eigenvalue weighted by molar-refractivity contribution is 7.90. The van der Waals surface area contributed by atoms with Crippen LogP contribution in [0.25, 0.3) is 5.65 Å². The number of ether oxygens (including phenoxy) is 4. The van der Waals surface area contributed by atoms with Gasteiger partial charge in [0.25, 0.3) is 5.95 Å². The summed E-state index contributed by atoms with van der Waals surface area (Å²) in [7, 11) is -2.32.